The summed E-state index contributed by atoms with van der Waals surface area (Å²) in [4.78, 5) is 10.1. The molecule has 0 aliphatic heterocycles. The van der Waals surface area contributed by atoms with E-state index in [9.17, 15) is 10.1 Å². The molecule has 0 radical (unpaired) electrons. The van der Waals surface area contributed by atoms with Crippen LogP contribution in [-0.4, -0.2) is 11.5 Å². The minimum Gasteiger partial charge on any atom is -0.493 e. The van der Waals surface area contributed by atoms with Gasteiger partial charge in [0.25, 0.3) is 5.69 Å². The molecule has 0 N–H and O–H groups in total. The van der Waals surface area contributed by atoms with Gasteiger partial charge in [-0.25, -0.2) is 0 Å². The molecule has 0 bridgehead atoms. The van der Waals surface area contributed by atoms with Crippen LogP contribution in [0.2, 0.25) is 0 Å². The number of nitriles is 1. The molecule has 0 unspecified atom stereocenters. The van der Waals surface area contributed by atoms with Gasteiger partial charge in [0.15, 0.2) is 0 Å². The van der Waals surface area contributed by atoms with Crippen LogP contribution in [0.25, 0.3) is 0 Å². The van der Waals surface area contributed by atoms with Crippen LogP contribution >= 0.6 is 0 Å². The van der Waals surface area contributed by atoms with Crippen LogP contribution in [0.15, 0.2) is 18.2 Å². The van der Waals surface area contributed by atoms with Gasteiger partial charge in [0, 0.05) is 12.1 Å². The van der Waals surface area contributed by atoms with Gasteiger partial charge in [-0.2, -0.15) is 5.26 Å². The van der Waals surface area contributed by atoms with E-state index < -0.39 is 4.92 Å². The zero-order chi connectivity index (χ0) is 12.7. The van der Waals surface area contributed by atoms with Crippen molar-refractivity contribution in [3.63, 3.8) is 0 Å². The molecular formula is C12H10N2O3. The molecule has 0 fully saturated rings. The molecule has 1 aromatic rings. The summed E-state index contributed by atoms with van der Waals surface area (Å²) in [6.07, 6.45) is 0.0776. The van der Waals surface area contributed by atoms with Gasteiger partial charge in [-0.3, -0.25) is 10.1 Å². The number of nitrogens with zero attached hydrogens (tertiary/aromatic N) is 2. The quantitative estimate of drug-likeness (QED) is 0.453. The van der Waals surface area contributed by atoms with E-state index >= 15 is 0 Å². The zero-order valence-electron chi connectivity index (χ0n) is 9.27. The standard InChI is InChI=1S/C12H10N2O3/c1-2-17-12-7-6-11(14(15)16)9-10(12)5-3-4-8-13/h6-7,9H,2,4H2,1H3. The van der Waals surface area contributed by atoms with Crippen molar-refractivity contribution >= 4 is 5.69 Å². The number of non-ortho nitro benzene ring substituents is 1. The molecule has 0 aromatic heterocycles. The third-order valence-electron chi connectivity index (χ3n) is 1.86. The number of hydrogen-bond acceptors (Lipinski definition) is 4. The number of benzene rings is 1. The first-order valence-corrected chi connectivity index (χ1v) is 4.96. The fourth-order valence-corrected chi connectivity index (χ4v) is 1.19. The Bertz CT molecular complexity index is 521. The van der Waals surface area contributed by atoms with Crippen LogP contribution in [0.3, 0.4) is 0 Å². The second-order valence-electron chi connectivity index (χ2n) is 3.01. The lowest BCUT2D eigenvalue weighted by molar-refractivity contribution is -0.384. The van der Waals surface area contributed by atoms with Crippen LogP contribution in [0.5, 0.6) is 5.75 Å². The minimum atomic E-state index is -0.495. The molecule has 0 saturated heterocycles. The Morgan fingerprint density at radius 1 is 1.53 bits per heavy atom. The monoisotopic (exact) mass is 230 g/mol. The summed E-state index contributed by atoms with van der Waals surface area (Å²) in [5, 5.41) is 19.0. The molecule has 0 atom stereocenters. The Hall–Kier alpha value is -2.53. The smallest absolute Gasteiger partial charge is 0.270 e. The van der Waals surface area contributed by atoms with Gasteiger partial charge in [0.05, 0.1) is 29.6 Å². The summed E-state index contributed by atoms with van der Waals surface area (Å²) in [7, 11) is 0. The topological polar surface area (TPSA) is 76.2 Å². The lowest BCUT2D eigenvalue weighted by atomic mass is 10.2. The largest absolute Gasteiger partial charge is 0.493 e. The molecule has 1 rings (SSSR count). The highest BCUT2D eigenvalue weighted by atomic mass is 16.6. The summed E-state index contributed by atoms with van der Waals surface area (Å²) in [6, 6.07) is 6.09. The first-order valence-electron chi connectivity index (χ1n) is 4.96. The Labute approximate surface area is 98.8 Å². The van der Waals surface area contributed by atoms with Crippen molar-refractivity contribution in [1.29, 1.82) is 5.26 Å². The number of nitro groups is 1. The van der Waals surface area contributed by atoms with Gasteiger partial charge in [-0.1, -0.05) is 11.8 Å². The number of ether oxygens (including phenoxy) is 1. The van der Waals surface area contributed by atoms with Crippen LogP contribution < -0.4 is 4.74 Å². The number of nitro benzene ring substituents is 1. The van der Waals surface area contributed by atoms with E-state index in [2.05, 4.69) is 11.8 Å². The summed E-state index contributed by atoms with van der Waals surface area (Å²) < 4.78 is 5.29. The SMILES string of the molecule is CCOc1ccc([N+](=O)[O-])cc1C#CCC#N. The Kier molecular flexibility index (Phi) is 4.53. The maximum absolute atomic E-state index is 10.6. The van der Waals surface area contributed by atoms with Crippen LogP contribution in [-0.2, 0) is 0 Å². The minimum absolute atomic E-state index is 0.0466. The lowest BCUT2D eigenvalue weighted by Gasteiger charge is -2.04. The van der Waals surface area contributed by atoms with Crippen molar-refractivity contribution in [2.24, 2.45) is 0 Å². The molecule has 0 saturated carbocycles. The van der Waals surface area contributed by atoms with E-state index in [1.807, 2.05) is 13.0 Å². The summed E-state index contributed by atoms with van der Waals surface area (Å²) >= 11 is 0. The molecule has 5 nitrogen and oxygen atoms in total. The van der Waals surface area contributed by atoms with Crippen LogP contribution in [0, 0.1) is 33.3 Å². The Morgan fingerprint density at radius 3 is 2.88 bits per heavy atom. The average molecular weight is 230 g/mol. The molecule has 0 spiro atoms. The maximum Gasteiger partial charge on any atom is 0.270 e. The molecular weight excluding hydrogens is 220 g/mol. The van der Waals surface area contributed by atoms with Crippen molar-refractivity contribution in [3.8, 4) is 23.7 Å². The van der Waals surface area contributed by atoms with E-state index in [4.69, 9.17) is 10.00 Å². The molecule has 86 valence electrons. The van der Waals surface area contributed by atoms with E-state index in [-0.39, 0.29) is 12.1 Å². The molecule has 0 aliphatic rings. The van der Waals surface area contributed by atoms with Gasteiger partial charge in [-0.05, 0) is 13.0 Å². The van der Waals surface area contributed by atoms with Crippen molar-refractivity contribution in [2.45, 2.75) is 13.3 Å². The normalized spacial score (nSPS) is 8.71. The van der Waals surface area contributed by atoms with E-state index in [1.54, 1.807) is 0 Å². The summed E-state index contributed by atoms with van der Waals surface area (Å²) in [6.45, 7) is 2.26. The number of hydrogen-bond donors (Lipinski definition) is 0. The van der Waals surface area contributed by atoms with Crippen molar-refractivity contribution in [2.75, 3.05) is 6.61 Å². The average Bonchev–Trinajstić information content (AvgIpc) is 2.31. The summed E-state index contributed by atoms with van der Waals surface area (Å²) in [5.74, 6) is 5.78. The molecule has 0 amide bonds. The Balaban J connectivity index is 3.13. The van der Waals surface area contributed by atoms with Crippen LogP contribution in [0.4, 0.5) is 5.69 Å². The third kappa shape index (κ3) is 3.51. The lowest BCUT2D eigenvalue weighted by Crippen LogP contribution is -1.96. The molecule has 0 aliphatic carbocycles. The summed E-state index contributed by atoms with van der Waals surface area (Å²) in [5.41, 5.74) is 0.381. The van der Waals surface area contributed by atoms with E-state index in [0.29, 0.717) is 17.9 Å². The maximum atomic E-state index is 10.6. The van der Waals surface area contributed by atoms with Crippen molar-refractivity contribution in [3.05, 3.63) is 33.9 Å². The van der Waals surface area contributed by atoms with Gasteiger partial charge in [0.1, 0.15) is 5.75 Å². The highest BCUT2D eigenvalue weighted by Crippen LogP contribution is 2.23. The fourth-order valence-electron chi connectivity index (χ4n) is 1.19. The molecule has 0 heterocycles. The van der Waals surface area contributed by atoms with Crippen molar-refractivity contribution < 1.29 is 9.66 Å². The van der Waals surface area contributed by atoms with Gasteiger partial charge >= 0.3 is 0 Å². The predicted octanol–water partition coefficient (Wildman–Crippen LogP) is 2.26. The zero-order valence-corrected chi connectivity index (χ0v) is 9.27. The second-order valence-corrected chi connectivity index (χ2v) is 3.01. The third-order valence-corrected chi connectivity index (χ3v) is 1.86. The fraction of sp³-hybridized carbons (Fsp3) is 0.250. The highest BCUT2D eigenvalue weighted by Gasteiger charge is 2.09. The molecule has 1 aromatic carbocycles. The first kappa shape index (κ1) is 12.5. The van der Waals surface area contributed by atoms with E-state index in [0.717, 1.165) is 0 Å². The van der Waals surface area contributed by atoms with Gasteiger partial charge < -0.3 is 4.74 Å². The van der Waals surface area contributed by atoms with Gasteiger partial charge in [0.2, 0.25) is 0 Å². The van der Waals surface area contributed by atoms with Gasteiger partial charge in [-0.15, -0.1) is 0 Å². The van der Waals surface area contributed by atoms with E-state index in [1.165, 1.54) is 18.2 Å². The molecule has 17 heavy (non-hydrogen) atoms. The van der Waals surface area contributed by atoms with Crippen molar-refractivity contribution in [1.82, 2.24) is 0 Å². The second kappa shape index (κ2) is 6.14. The molecule has 5 heteroatoms. The highest BCUT2D eigenvalue weighted by molar-refractivity contribution is 5.52. The van der Waals surface area contributed by atoms with Crippen LogP contribution in [0.1, 0.15) is 18.9 Å². The number of rotatable bonds is 3. The first-order chi connectivity index (χ1) is 8.19. The Morgan fingerprint density at radius 2 is 2.29 bits per heavy atom. The predicted molar refractivity (Wildman–Crippen MR) is 61.4 cm³/mol.